The van der Waals surface area contributed by atoms with Gasteiger partial charge < -0.3 is 9.97 Å². The number of nitrogens with one attached hydrogen (secondary N) is 2. The van der Waals surface area contributed by atoms with Crippen molar-refractivity contribution >= 4 is 37.7 Å². The molecular formula is C24H19BrN2. The van der Waals surface area contributed by atoms with Crippen LogP contribution in [0.1, 0.15) is 28.3 Å². The zero-order chi connectivity index (χ0) is 18.4. The minimum absolute atomic E-state index is 0.158. The number of hydrogen-bond acceptors (Lipinski definition) is 0. The van der Waals surface area contributed by atoms with Crippen molar-refractivity contribution in [2.75, 3.05) is 0 Å². The molecule has 2 nitrogen and oxygen atoms in total. The molecule has 0 aliphatic carbocycles. The van der Waals surface area contributed by atoms with Crippen LogP contribution in [0.25, 0.3) is 21.8 Å². The summed E-state index contributed by atoms with van der Waals surface area (Å²) in [5.74, 6) is 0.158. The average molecular weight is 415 g/mol. The highest BCUT2D eigenvalue weighted by atomic mass is 79.9. The Balaban J connectivity index is 1.85. The van der Waals surface area contributed by atoms with Crippen molar-refractivity contribution in [2.45, 2.75) is 12.8 Å². The molecule has 2 heterocycles. The second-order valence-electron chi connectivity index (χ2n) is 6.99. The van der Waals surface area contributed by atoms with Gasteiger partial charge in [-0.05, 0) is 47.9 Å². The minimum atomic E-state index is 0.158. The van der Waals surface area contributed by atoms with Gasteiger partial charge in [0.05, 0.1) is 0 Å². The van der Waals surface area contributed by atoms with Crippen molar-refractivity contribution in [3.8, 4) is 0 Å². The van der Waals surface area contributed by atoms with Crippen LogP contribution >= 0.6 is 15.9 Å². The number of halogens is 1. The van der Waals surface area contributed by atoms with E-state index in [1.807, 2.05) is 0 Å². The standard InChI is InChI=1S/C24H19BrN2/c1-15-23(18-9-5-6-10-22(18)27-15)24(16-7-3-2-4-8-16)20-14-26-21-12-11-17(25)13-19(20)21/h2-14,24,26-27H,1H3. The van der Waals surface area contributed by atoms with E-state index >= 15 is 0 Å². The predicted octanol–water partition coefficient (Wildman–Crippen LogP) is 6.90. The maximum atomic E-state index is 3.64. The second kappa shape index (κ2) is 6.43. The molecule has 0 aliphatic rings. The lowest BCUT2D eigenvalue weighted by Gasteiger charge is -2.19. The first-order valence-corrected chi connectivity index (χ1v) is 9.90. The van der Waals surface area contributed by atoms with E-state index in [0.29, 0.717) is 0 Å². The van der Waals surface area contributed by atoms with Gasteiger partial charge in [-0.25, -0.2) is 0 Å². The molecule has 0 spiro atoms. The van der Waals surface area contributed by atoms with Gasteiger partial charge in [0.25, 0.3) is 0 Å². The lowest BCUT2D eigenvalue weighted by atomic mass is 9.83. The van der Waals surface area contributed by atoms with Crippen LogP contribution in [0.4, 0.5) is 0 Å². The Bertz CT molecular complexity index is 1250. The molecule has 2 aromatic heterocycles. The average Bonchev–Trinajstić information content (AvgIpc) is 3.24. The first-order chi connectivity index (χ1) is 13.2. The van der Waals surface area contributed by atoms with Gasteiger partial charge in [-0.2, -0.15) is 0 Å². The van der Waals surface area contributed by atoms with Crippen LogP contribution in [-0.2, 0) is 0 Å². The first-order valence-electron chi connectivity index (χ1n) is 9.11. The van der Waals surface area contributed by atoms with Crippen molar-refractivity contribution in [2.24, 2.45) is 0 Å². The summed E-state index contributed by atoms with van der Waals surface area (Å²) in [5.41, 5.74) is 7.50. The zero-order valence-corrected chi connectivity index (χ0v) is 16.5. The molecule has 0 bridgehead atoms. The smallest absolute Gasteiger partial charge is 0.0459 e. The van der Waals surface area contributed by atoms with E-state index in [2.05, 4.69) is 112 Å². The summed E-state index contributed by atoms with van der Waals surface area (Å²) < 4.78 is 1.10. The molecule has 132 valence electrons. The summed E-state index contributed by atoms with van der Waals surface area (Å²) in [6.07, 6.45) is 2.16. The van der Waals surface area contributed by atoms with E-state index < -0.39 is 0 Å². The summed E-state index contributed by atoms with van der Waals surface area (Å²) >= 11 is 3.64. The van der Waals surface area contributed by atoms with Gasteiger partial charge in [-0.15, -0.1) is 0 Å². The lowest BCUT2D eigenvalue weighted by Crippen LogP contribution is -2.04. The van der Waals surface area contributed by atoms with Crippen LogP contribution in [-0.4, -0.2) is 9.97 Å². The summed E-state index contributed by atoms with van der Waals surface area (Å²) in [6, 6.07) is 25.8. The van der Waals surface area contributed by atoms with Crippen LogP contribution in [0, 0.1) is 6.92 Å². The highest BCUT2D eigenvalue weighted by Crippen LogP contribution is 2.41. The van der Waals surface area contributed by atoms with Gasteiger partial charge >= 0.3 is 0 Å². The van der Waals surface area contributed by atoms with Crippen LogP contribution in [0.2, 0.25) is 0 Å². The molecule has 0 aliphatic heterocycles. The molecule has 27 heavy (non-hydrogen) atoms. The molecule has 2 N–H and O–H groups in total. The van der Waals surface area contributed by atoms with E-state index in [1.54, 1.807) is 0 Å². The third-order valence-corrected chi connectivity index (χ3v) is 5.85. The molecule has 0 saturated heterocycles. The van der Waals surface area contributed by atoms with Crippen LogP contribution in [0.5, 0.6) is 0 Å². The monoisotopic (exact) mass is 414 g/mol. The third kappa shape index (κ3) is 2.70. The summed E-state index contributed by atoms with van der Waals surface area (Å²) in [4.78, 5) is 7.04. The molecule has 5 rings (SSSR count). The van der Waals surface area contributed by atoms with Gasteiger partial charge in [0.1, 0.15) is 0 Å². The maximum absolute atomic E-state index is 3.64. The summed E-state index contributed by atoms with van der Waals surface area (Å²) in [6.45, 7) is 2.18. The molecular weight excluding hydrogens is 396 g/mol. The molecule has 0 amide bonds. The molecule has 1 atom stereocenters. The third-order valence-electron chi connectivity index (χ3n) is 5.35. The fourth-order valence-corrected chi connectivity index (χ4v) is 4.53. The SMILES string of the molecule is Cc1[nH]c2ccccc2c1C(c1ccccc1)c1c[nH]c2ccc(Br)cc12. The molecule has 3 aromatic carbocycles. The van der Waals surface area contributed by atoms with Gasteiger partial charge in [-0.3, -0.25) is 0 Å². The lowest BCUT2D eigenvalue weighted by molar-refractivity contribution is 0.978. The van der Waals surface area contributed by atoms with Crippen LogP contribution < -0.4 is 0 Å². The van der Waals surface area contributed by atoms with E-state index in [0.717, 1.165) is 9.99 Å². The molecule has 5 aromatic rings. The zero-order valence-electron chi connectivity index (χ0n) is 15.0. The number of rotatable bonds is 3. The normalized spacial score (nSPS) is 12.7. The number of benzene rings is 3. The Labute approximate surface area is 166 Å². The summed E-state index contributed by atoms with van der Waals surface area (Å²) in [7, 11) is 0. The van der Waals surface area contributed by atoms with Gasteiger partial charge in [0.15, 0.2) is 0 Å². The number of hydrogen-bond donors (Lipinski definition) is 2. The van der Waals surface area contributed by atoms with Gasteiger partial charge in [0.2, 0.25) is 0 Å². The van der Waals surface area contributed by atoms with Gasteiger partial charge in [-0.1, -0.05) is 64.5 Å². The van der Waals surface area contributed by atoms with E-state index in [1.165, 1.54) is 38.7 Å². The van der Waals surface area contributed by atoms with Crippen LogP contribution in [0.3, 0.4) is 0 Å². The van der Waals surface area contributed by atoms with E-state index in [9.17, 15) is 0 Å². The molecule has 0 fully saturated rings. The van der Waals surface area contributed by atoms with E-state index in [-0.39, 0.29) is 5.92 Å². The fraction of sp³-hybridized carbons (Fsp3) is 0.0833. The first kappa shape index (κ1) is 16.4. The Morgan fingerprint density at radius 2 is 1.59 bits per heavy atom. The highest BCUT2D eigenvalue weighted by Gasteiger charge is 2.25. The maximum Gasteiger partial charge on any atom is 0.0459 e. The molecule has 0 saturated carbocycles. The number of H-pyrrole nitrogens is 2. The number of fused-ring (bicyclic) bond motifs is 2. The fourth-order valence-electron chi connectivity index (χ4n) is 4.17. The topological polar surface area (TPSA) is 31.6 Å². The molecule has 3 heteroatoms. The number of para-hydroxylation sites is 1. The van der Waals surface area contributed by atoms with E-state index in [4.69, 9.17) is 0 Å². The molecule has 0 radical (unpaired) electrons. The Hall–Kier alpha value is -2.78. The highest BCUT2D eigenvalue weighted by molar-refractivity contribution is 9.10. The minimum Gasteiger partial charge on any atom is -0.361 e. The Morgan fingerprint density at radius 3 is 2.44 bits per heavy atom. The Kier molecular flexibility index (Phi) is 3.91. The quantitative estimate of drug-likeness (QED) is 0.321. The summed E-state index contributed by atoms with van der Waals surface area (Å²) in [5, 5.41) is 2.54. The van der Waals surface area contributed by atoms with Crippen molar-refractivity contribution < 1.29 is 0 Å². The van der Waals surface area contributed by atoms with Gasteiger partial charge in [0, 0.05) is 44.1 Å². The van der Waals surface area contributed by atoms with Crippen molar-refractivity contribution in [1.29, 1.82) is 0 Å². The largest absolute Gasteiger partial charge is 0.361 e. The molecule has 1 unspecified atom stereocenters. The predicted molar refractivity (Wildman–Crippen MR) is 116 cm³/mol. The van der Waals surface area contributed by atoms with Crippen molar-refractivity contribution in [1.82, 2.24) is 9.97 Å². The number of aryl methyl sites for hydroxylation is 1. The second-order valence-corrected chi connectivity index (χ2v) is 7.90. The Morgan fingerprint density at radius 1 is 0.815 bits per heavy atom. The number of aromatic amines is 2. The van der Waals surface area contributed by atoms with Crippen LogP contribution in [0.15, 0.2) is 83.5 Å². The van der Waals surface area contributed by atoms with Crippen molar-refractivity contribution in [3.05, 3.63) is 106 Å². The van der Waals surface area contributed by atoms with Crippen molar-refractivity contribution in [3.63, 3.8) is 0 Å². The number of aromatic nitrogens is 2.